The van der Waals surface area contributed by atoms with E-state index in [9.17, 15) is 27.6 Å². The molecule has 0 bridgehead atoms. The Labute approximate surface area is 193 Å². The van der Waals surface area contributed by atoms with Crippen LogP contribution in [0.1, 0.15) is 36.5 Å². The molecule has 0 aliphatic rings. The molecule has 0 saturated heterocycles. The molecule has 2 amide bonds. The fourth-order valence-corrected chi connectivity index (χ4v) is 2.45. The highest BCUT2D eigenvalue weighted by molar-refractivity contribution is 5.94. The molecule has 1 aromatic carbocycles. The number of carbonyl (C=O) groups excluding carboxylic acids is 3. The molecule has 0 aliphatic heterocycles. The van der Waals surface area contributed by atoms with Gasteiger partial charge in [-0.15, -0.1) is 0 Å². The first-order chi connectivity index (χ1) is 16.2. The second-order valence-electron chi connectivity index (χ2n) is 6.64. The van der Waals surface area contributed by atoms with Crippen LogP contribution in [0.2, 0.25) is 0 Å². The Morgan fingerprint density at radius 2 is 1.91 bits per heavy atom. The Kier molecular flexibility index (Phi) is 12.9. The minimum atomic E-state index is -4.99. The zero-order valence-electron chi connectivity index (χ0n) is 18.5. The number of alkyl halides is 3. The highest BCUT2D eigenvalue weighted by Crippen LogP contribution is 2.15. The number of unbranched alkanes of at least 4 members (excludes halogenated alkanes) is 1. The summed E-state index contributed by atoms with van der Waals surface area (Å²) in [6, 6.07) is 5.92. The van der Waals surface area contributed by atoms with Crippen molar-refractivity contribution in [2.24, 2.45) is 5.11 Å². The molecule has 1 atom stereocenters. The van der Waals surface area contributed by atoms with Crippen LogP contribution < -0.4 is 15.4 Å². The monoisotopic (exact) mass is 489 g/mol. The van der Waals surface area contributed by atoms with Crippen LogP contribution in [0.3, 0.4) is 0 Å². The normalized spacial score (nSPS) is 11.6. The predicted octanol–water partition coefficient (Wildman–Crippen LogP) is 2.86. The van der Waals surface area contributed by atoms with Crippen molar-refractivity contribution >= 4 is 17.8 Å². The van der Waals surface area contributed by atoms with E-state index in [0.717, 1.165) is 0 Å². The number of hydrogen-bond donors (Lipinski definition) is 2. The number of esters is 1. The van der Waals surface area contributed by atoms with E-state index in [-0.39, 0.29) is 43.5 Å². The van der Waals surface area contributed by atoms with Gasteiger partial charge in [0.25, 0.3) is 5.91 Å². The average molecular weight is 489 g/mol. The van der Waals surface area contributed by atoms with Crippen molar-refractivity contribution in [2.75, 3.05) is 32.9 Å². The molecule has 2 N–H and O–H groups in total. The molecule has 0 fully saturated rings. The lowest BCUT2D eigenvalue weighted by Crippen LogP contribution is -2.41. The Hall–Kier alpha value is -3.51. The summed E-state index contributed by atoms with van der Waals surface area (Å²) in [5.74, 6) is -2.71. The Balaban J connectivity index is 2.44. The van der Waals surface area contributed by atoms with Gasteiger partial charge in [-0.3, -0.25) is 14.4 Å². The number of nitrogens with one attached hydrogen (secondary N) is 2. The van der Waals surface area contributed by atoms with Gasteiger partial charge in [0, 0.05) is 36.6 Å². The number of hydrogen-bond acceptors (Lipinski definition) is 7. The predicted molar refractivity (Wildman–Crippen MR) is 113 cm³/mol. The van der Waals surface area contributed by atoms with Crippen molar-refractivity contribution in [2.45, 2.75) is 38.6 Å². The molecule has 14 heteroatoms. The maximum atomic E-state index is 12.1. The number of azide groups is 1. The van der Waals surface area contributed by atoms with Crippen molar-refractivity contribution < 1.29 is 41.8 Å². The second kappa shape index (κ2) is 15.3. The lowest BCUT2D eigenvalue weighted by molar-refractivity contribution is -0.173. The van der Waals surface area contributed by atoms with E-state index in [0.29, 0.717) is 19.4 Å². The molecule has 188 valence electrons. The number of carbonyl (C=O) groups is 3. The van der Waals surface area contributed by atoms with E-state index in [4.69, 9.17) is 19.7 Å². The second-order valence-corrected chi connectivity index (χ2v) is 6.64. The van der Waals surface area contributed by atoms with Gasteiger partial charge in [-0.05, 0) is 43.5 Å². The molecule has 0 aliphatic carbocycles. The molecule has 0 spiro atoms. The van der Waals surface area contributed by atoms with E-state index in [2.05, 4.69) is 15.3 Å². The molecule has 34 heavy (non-hydrogen) atoms. The minimum Gasteiger partial charge on any atom is -0.491 e. The van der Waals surface area contributed by atoms with Crippen LogP contribution in [0.25, 0.3) is 10.4 Å². The zero-order valence-corrected chi connectivity index (χ0v) is 18.5. The molecule has 1 rings (SSSR count). The highest BCUT2D eigenvalue weighted by atomic mass is 19.4. The number of nitrogens with zero attached hydrogens (tertiary/aromatic N) is 3. The molecular weight excluding hydrogens is 463 g/mol. The van der Waals surface area contributed by atoms with Crippen LogP contribution in [-0.4, -0.2) is 63.1 Å². The molecule has 0 aromatic heterocycles. The standard InChI is InChI=1S/C20H26F3N5O6/c1-2-32-17(29)8-3-4-11-33-16(27-28-24)13-34-15-7-5-6-14(12-15)18(30)25-9-10-26-19(31)20(21,22)23/h5-7,12,16H,2-4,8-11,13H2,1H3,(H,25,30)(H,26,31). The summed E-state index contributed by atoms with van der Waals surface area (Å²) in [4.78, 5) is 36.8. The van der Waals surface area contributed by atoms with Gasteiger partial charge in [-0.2, -0.15) is 13.2 Å². The zero-order chi connectivity index (χ0) is 25.4. The van der Waals surface area contributed by atoms with Crippen LogP contribution in [0.15, 0.2) is 29.4 Å². The number of benzene rings is 1. The van der Waals surface area contributed by atoms with Crippen molar-refractivity contribution in [3.8, 4) is 5.75 Å². The van der Waals surface area contributed by atoms with Gasteiger partial charge < -0.3 is 24.8 Å². The summed E-state index contributed by atoms with van der Waals surface area (Å²) < 4.78 is 52.1. The van der Waals surface area contributed by atoms with Crippen LogP contribution in [0.4, 0.5) is 13.2 Å². The first kappa shape index (κ1) is 28.5. The molecular formula is C20H26F3N5O6. The molecule has 0 heterocycles. The SMILES string of the molecule is CCOC(=O)CCCCOC(COc1cccc(C(=O)NCCNC(=O)C(F)(F)F)c1)N=[N+]=[N-]. The van der Waals surface area contributed by atoms with E-state index in [1.807, 2.05) is 0 Å². The van der Waals surface area contributed by atoms with Gasteiger partial charge in [0.2, 0.25) is 0 Å². The minimum absolute atomic E-state index is 0.142. The Morgan fingerprint density at radius 3 is 2.59 bits per heavy atom. The largest absolute Gasteiger partial charge is 0.491 e. The first-order valence-electron chi connectivity index (χ1n) is 10.3. The third kappa shape index (κ3) is 11.9. The maximum Gasteiger partial charge on any atom is 0.471 e. The van der Waals surface area contributed by atoms with Gasteiger partial charge in [-0.1, -0.05) is 11.2 Å². The third-order valence-corrected chi connectivity index (χ3v) is 4.01. The number of ether oxygens (including phenoxy) is 3. The number of rotatable bonds is 15. The first-order valence-corrected chi connectivity index (χ1v) is 10.3. The molecule has 1 unspecified atom stereocenters. The van der Waals surface area contributed by atoms with Gasteiger partial charge in [0.05, 0.1) is 6.61 Å². The fourth-order valence-electron chi connectivity index (χ4n) is 2.45. The lowest BCUT2D eigenvalue weighted by atomic mass is 10.2. The van der Waals surface area contributed by atoms with E-state index >= 15 is 0 Å². The molecule has 1 aromatic rings. The lowest BCUT2D eigenvalue weighted by Gasteiger charge is -2.14. The van der Waals surface area contributed by atoms with E-state index < -0.39 is 30.8 Å². The van der Waals surface area contributed by atoms with Gasteiger partial charge in [-0.25, -0.2) is 0 Å². The summed E-state index contributed by atoms with van der Waals surface area (Å²) in [7, 11) is 0. The number of amides is 2. The summed E-state index contributed by atoms with van der Waals surface area (Å²) in [5, 5.41) is 7.50. The number of halogens is 3. The average Bonchev–Trinajstić information content (AvgIpc) is 2.79. The van der Waals surface area contributed by atoms with Crippen molar-refractivity contribution in [1.82, 2.24) is 10.6 Å². The summed E-state index contributed by atoms with van der Waals surface area (Å²) in [6.45, 7) is 1.50. The van der Waals surface area contributed by atoms with Crippen LogP contribution in [0.5, 0.6) is 5.75 Å². The van der Waals surface area contributed by atoms with Crippen molar-refractivity contribution in [3.63, 3.8) is 0 Å². The van der Waals surface area contributed by atoms with E-state index in [1.165, 1.54) is 18.2 Å². The maximum absolute atomic E-state index is 12.1. The Morgan fingerprint density at radius 1 is 1.18 bits per heavy atom. The van der Waals surface area contributed by atoms with Crippen molar-refractivity contribution in [3.05, 3.63) is 40.3 Å². The van der Waals surface area contributed by atoms with Gasteiger partial charge >= 0.3 is 18.1 Å². The van der Waals surface area contributed by atoms with Crippen LogP contribution in [-0.2, 0) is 19.1 Å². The summed E-state index contributed by atoms with van der Waals surface area (Å²) in [6.07, 6.45) is -4.60. The van der Waals surface area contributed by atoms with Crippen LogP contribution in [0, 0.1) is 0 Å². The molecule has 0 saturated carbocycles. The van der Waals surface area contributed by atoms with Crippen LogP contribution >= 0.6 is 0 Å². The topological polar surface area (TPSA) is 152 Å². The smallest absolute Gasteiger partial charge is 0.471 e. The Bertz CT molecular complexity index is 861. The van der Waals surface area contributed by atoms with Gasteiger partial charge in [0.15, 0.2) is 6.23 Å². The van der Waals surface area contributed by atoms with E-state index in [1.54, 1.807) is 18.3 Å². The summed E-state index contributed by atoms with van der Waals surface area (Å²) >= 11 is 0. The quantitative estimate of drug-likeness (QED) is 0.127. The third-order valence-electron chi connectivity index (χ3n) is 4.01. The molecule has 0 radical (unpaired) electrons. The van der Waals surface area contributed by atoms with Crippen molar-refractivity contribution in [1.29, 1.82) is 0 Å². The molecule has 11 nitrogen and oxygen atoms in total. The van der Waals surface area contributed by atoms with Gasteiger partial charge in [0.1, 0.15) is 12.4 Å². The highest BCUT2D eigenvalue weighted by Gasteiger charge is 2.38. The summed E-state index contributed by atoms with van der Waals surface area (Å²) in [5.41, 5.74) is 8.85. The fraction of sp³-hybridized carbons (Fsp3) is 0.550.